The van der Waals surface area contributed by atoms with Gasteiger partial charge < -0.3 is 15.6 Å². The fraction of sp³-hybridized carbons (Fsp3) is 0.167. The van der Waals surface area contributed by atoms with Crippen LogP contribution < -0.4 is 11.1 Å². The van der Waals surface area contributed by atoms with E-state index < -0.39 is 0 Å². The lowest BCUT2D eigenvalue weighted by atomic mass is 10.1. The van der Waals surface area contributed by atoms with Gasteiger partial charge in [0.15, 0.2) is 5.82 Å². The number of benzene rings is 1. The molecule has 3 N–H and O–H groups in total. The standard InChI is InChI=1S/C12H13N3O2/c1-7-5-9(13)3-4-10(7)12(16)14-11-6-8(2)17-15-11/h3-6H,13H2,1-2H3,(H,14,15,16). The first-order valence-electron chi connectivity index (χ1n) is 5.17. The number of hydrogen-bond donors (Lipinski definition) is 2. The van der Waals surface area contributed by atoms with Crippen LogP contribution in [0.3, 0.4) is 0 Å². The maximum absolute atomic E-state index is 11.9. The van der Waals surface area contributed by atoms with Crippen LogP contribution >= 0.6 is 0 Å². The van der Waals surface area contributed by atoms with Gasteiger partial charge in [-0.15, -0.1) is 0 Å². The van der Waals surface area contributed by atoms with E-state index in [1.165, 1.54) is 0 Å². The minimum absolute atomic E-state index is 0.226. The summed E-state index contributed by atoms with van der Waals surface area (Å²) in [5.74, 6) is 0.828. The van der Waals surface area contributed by atoms with E-state index in [-0.39, 0.29) is 5.91 Å². The topological polar surface area (TPSA) is 81.2 Å². The molecule has 5 nitrogen and oxygen atoms in total. The molecule has 88 valence electrons. The number of nitrogens with one attached hydrogen (secondary N) is 1. The molecular weight excluding hydrogens is 218 g/mol. The summed E-state index contributed by atoms with van der Waals surface area (Å²) in [6.45, 7) is 3.59. The normalized spacial score (nSPS) is 10.2. The molecule has 0 unspecified atom stereocenters. The molecular formula is C12H13N3O2. The molecule has 5 heteroatoms. The van der Waals surface area contributed by atoms with Gasteiger partial charge in [-0.05, 0) is 37.6 Å². The highest BCUT2D eigenvalue weighted by atomic mass is 16.5. The SMILES string of the molecule is Cc1cc(NC(=O)c2ccc(N)cc2C)no1. The van der Waals surface area contributed by atoms with Gasteiger partial charge in [0, 0.05) is 17.3 Å². The van der Waals surface area contributed by atoms with Crippen LogP contribution in [0.15, 0.2) is 28.8 Å². The molecule has 1 amide bonds. The van der Waals surface area contributed by atoms with Crippen molar-refractivity contribution in [1.82, 2.24) is 5.16 Å². The van der Waals surface area contributed by atoms with Gasteiger partial charge in [-0.25, -0.2) is 0 Å². The third kappa shape index (κ3) is 2.44. The number of amides is 1. The average molecular weight is 231 g/mol. The molecule has 1 heterocycles. The molecule has 1 aromatic heterocycles. The van der Waals surface area contributed by atoms with E-state index in [4.69, 9.17) is 10.3 Å². The molecule has 2 aromatic rings. The number of carbonyl (C=O) groups is 1. The van der Waals surface area contributed by atoms with Crippen LogP contribution in [0.1, 0.15) is 21.7 Å². The molecule has 0 bridgehead atoms. The monoisotopic (exact) mass is 231 g/mol. The molecule has 0 fully saturated rings. The van der Waals surface area contributed by atoms with Gasteiger partial charge in [0.25, 0.3) is 5.91 Å². The number of carbonyl (C=O) groups excluding carboxylic acids is 1. The quantitative estimate of drug-likeness (QED) is 0.776. The smallest absolute Gasteiger partial charge is 0.257 e. The Morgan fingerprint density at radius 2 is 2.12 bits per heavy atom. The zero-order valence-corrected chi connectivity index (χ0v) is 9.65. The van der Waals surface area contributed by atoms with Gasteiger partial charge in [-0.3, -0.25) is 4.79 Å². The van der Waals surface area contributed by atoms with E-state index in [2.05, 4.69) is 10.5 Å². The second kappa shape index (κ2) is 4.29. The van der Waals surface area contributed by atoms with E-state index in [0.717, 1.165) is 5.56 Å². The Bertz CT molecular complexity index is 561. The van der Waals surface area contributed by atoms with Gasteiger partial charge in [-0.1, -0.05) is 5.16 Å². The second-order valence-corrected chi connectivity index (χ2v) is 3.85. The number of aryl methyl sites for hydroxylation is 2. The zero-order chi connectivity index (χ0) is 12.4. The highest BCUT2D eigenvalue weighted by Crippen LogP contribution is 2.15. The van der Waals surface area contributed by atoms with Gasteiger partial charge in [0.2, 0.25) is 0 Å². The summed E-state index contributed by atoms with van der Waals surface area (Å²) in [5, 5.41) is 6.35. The number of nitrogens with zero attached hydrogens (tertiary/aromatic N) is 1. The van der Waals surface area contributed by atoms with E-state index in [0.29, 0.717) is 22.8 Å². The van der Waals surface area contributed by atoms with Crippen molar-refractivity contribution in [3.63, 3.8) is 0 Å². The van der Waals surface area contributed by atoms with Crippen LogP contribution in [0.4, 0.5) is 11.5 Å². The van der Waals surface area contributed by atoms with Crippen LogP contribution in [0.25, 0.3) is 0 Å². The average Bonchev–Trinajstić information content (AvgIpc) is 2.63. The van der Waals surface area contributed by atoms with Crippen molar-refractivity contribution in [2.24, 2.45) is 0 Å². The van der Waals surface area contributed by atoms with E-state index in [9.17, 15) is 4.79 Å². The molecule has 0 aliphatic heterocycles. The van der Waals surface area contributed by atoms with Crippen LogP contribution in [0.2, 0.25) is 0 Å². The van der Waals surface area contributed by atoms with Crippen LogP contribution in [0, 0.1) is 13.8 Å². The first kappa shape index (κ1) is 11.2. The summed E-state index contributed by atoms with van der Waals surface area (Å²) >= 11 is 0. The maximum Gasteiger partial charge on any atom is 0.257 e. The number of nitrogens with two attached hydrogens (primary N) is 1. The molecule has 17 heavy (non-hydrogen) atoms. The van der Waals surface area contributed by atoms with Gasteiger partial charge in [0.1, 0.15) is 5.76 Å². The predicted octanol–water partition coefficient (Wildman–Crippen LogP) is 2.13. The largest absolute Gasteiger partial charge is 0.399 e. The molecule has 0 aliphatic rings. The number of hydrogen-bond acceptors (Lipinski definition) is 4. The third-order valence-electron chi connectivity index (χ3n) is 2.36. The molecule has 2 rings (SSSR count). The first-order chi connectivity index (χ1) is 8.06. The van der Waals surface area contributed by atoms with Crippen molar-refractivity contribution in [3.05, 3.63) is 41.2 Å². The first-order valence-corrected chi connectivity index (χ1v) is 5.17. The molecule has 0 aliphatic carbocycles. The molecule has 0 spiro atoms. The Balaban J connectivity index is 2.20. The zero-order valence-electron chi connectivity index (χ0n) is 9.65. The Morgan fingerprint density at radius 1 is 1.35 bits per heavy atom. The van der Waals surface area contributed by atoms with Crippen molar-refractivity contribution in [1.29, 1.82) is 0 Å². The Morgan fingerprint density at radius 3 is 2.71 bits per heavy atom. The maximum atomic E-state index is 11.9. The van der Waals surface area contributed by atoms with Crippen molar-refractivity contribution in [2.75, 3.05) is 11.1 Å². The van der Waals surface area contributed by atoms with Crippen LogP contribution in [0.5, 0.6) is 0 Å². The minimum Gasteiger partial charge on any atom is -0.399 e. The van der Waals surface area contributed by atoms with Crippen molar-refractivity contribution < 1.29 is 9.32 Å². The summed E-state index contributed by atoms with van der Waals surface area (Å²) in [7, 11) is 0. The number of anilines is 2. The lowest BCUT2D eigenvalue weighted by Gasteiger charge is -2.05. The number of nitrogen functional groups attached to an aromatic ring is 1. The van der Waals surface area contributed by atoms with Gasteiger partial charge in [0.05, 0.1) is 0 Å². The lowest BCUT2D eigenvalue weighted by molar-refractivity contribution is 0.102. The summed E-state index contributed by atoms with van der Waals surface area (Å²) in [6.07, 6.45) is 0. The van der Waals surface area contributed by atoms with E-state index in [1.54, 1.807) is 31.2 Å². The predicted molar refractivity (Wildman–Crippen MR) is 64.8 cm³/mol. The van der Waals surface area contributed by atoms with Crippen molar-refractivity contribution in [3.8, 4) is 0 Å². The van der Waals surface area contributed by atoms with Gasteiger partial charge in [-0.2, -0.15) is 0 Å². The summed E-state index contributed by atoms with van der Waals surface area (Å²) in [5.41, 5.74) is 7.65. The Hall–Kier alpha value is -2.30. The fourth-order valence-electron chi connectivity index (χ4n) is 1.55. The van der Waals surface area contributed by atoms with Gasteiger partial charge >= 0.3 is 0 Å². The summed E-state index contributed by atoms with van der Waals surface area (Å²) in [4.78, 5) is 11.9. The summed E-state index contributed by atoms with van der Waals surface area (Å²) < 4.78 is 4.87. The molecule has 0 radical (unpaired) electrons. The Kier molecular flexibility index (Phi) is 2.82. The van der Waals surface area contributed by atoms with E-state index >= 15 is 0 Å². The lowest BCUT2D eigenvalue weighted by Crippen LogP contribution is -2.13. The van der Waals surface area contributed by atoms with Crippen LogP contribution in [-0.2, 0) is 0 Å². The van der Waals surface area contributed by atoms with E-state index in [1.807, 2.05) is 6.92 Å². The number of rotatable bonds is 2. The highest BCUT2D eigenvalue weighted by Gasteiger charge is 2.11. The molecule has 0 saturated carbocycles. The second-order valence-electron chi connectivity index (χ2n) is 3.85. The number of aromatic nitrogens is 1. The Labute approximate surface area is 98.6 Å². The van der Waals surface area contributed by atoms with Crippen molar-refractivity contribution in [2.45, 2.75) is 13.8 Å². The highest BCUT2D eigenvalue weighted by molar-refractivity contribution is 6.04. The molecule has 0 atom stereocenters. The minimum atomic E-state index is -0.226. The van der Waals surface area contributed by atoms with Crippen molar-refractivity contribution >= 4 is 17.4 Å². The summed E-state index contributed by atoms with van der Waals surface area (Å²) in [6, 6.07) is 6.79. The third-order valence-corrected chi connectivity index (χ3v) is 2.36. The molecule has 0 saturated heterocycles. The fourth-order valence-corrected chi connectivity index (χ4v) is 1.55. The van der Waals surface area contributed by atoms with Crippen LogP contribution in [-0.4, -0.2) is 11.1 Å². The molecule has 1 aromatic carbocycles.